The molecule has 2 N–H and O–H groups in total. The van der Waals surface area contributed by atoms with Gasteiger partial charge in [0.25, 0.3) is 5.91 Å². The zero-order valence-corrected chi connectivity index (χ0v) is 12.0. The first kappa shape index (κ1) is 15.8. The fourth-order valence-corrected chi connectivity index (χ4v) is 2.11. The second kappa shape index (κ2) is 6.07. The molecule has 2 aromatic heterocycles. The summed E-state index contributed by atoms with van der Waals surface area (Å²) in [7, 11) is 0. The van der Waals surface area contributed by atoms with Gasteiger partial charge in [-0.05, 0) is 12.1 Å². The van der Waals surface area contributed by atoms with Gasteiger partial charge in [-0.3, -0.25) is 4.79 Å². The smallest absolute Gasteiger partial charge is 0.269 e. The highest BCUT2D eigenvalue weighted by Crippen LogP contribution is 2.19. The summed E-state index contributed by atoms with van der Waals surface area (Å²) in [4.78, 5) is 15.3. The van der Waals surface area contributed by atoms with Gasteiger partial charge in [0.05, 0.1) is 18.1 Å². The minimum absolute atomic E-state index is 0. The lowest BCUT2D eigenvalue weighted by molar-refractivity contribution is 0.0996. The third-order valence-corrected chi connectivity index (χ3v) is 3.06. The van der Waals surface area contributed by atoms with Crippen molar-refractivity contribution < 1.29 is 13.6 Å². The molecule has 0 saturated heterocycles. The van der Waals surface area contributed by atoms with Crippen LogP contribution in [-0.2, 0) is 6.54 Å². The summed E-state index contributed by atoms with van der Waals surface area (Å²) in [6, 6.07) is 7.31. The molecule has 1 aromatic carbocycles. The molecule has 1 amide bonds. The molecule has 0 unspecified atom stereocenters. The summed E-state index contributed by atoms with van der Waals surface area (Å²) in [6.07, 6.45) is 1.01. The lowest BCUT2D eigenvalue weighted by atomic mass is 10.2. The van der Waals surface area contributed by atoms with Crippen LogP contribution in [0.1, 0.15) is 16.1 Å². The van der Waals surface area contributed by atoms with E-state index in [0.717, 1.165) is 12.3 Å². The second-order valence-corrected chi connectivity index (χ2v) is 4.49. The van der Waals surface area contributed by atoms with E-state index in [1.165, 1.54) is 10.7 Å². The molecule has 2 heterocycles. The number of hydrogen-bond acceptors (Lipinski definition) is 3. The maximum Gasteiger partial charge on any atom is 0.269 e. The van der Waals surface area contributed by atoms with Crippen molar-refractivity contribution in [2.75, 3.05) is 0 Å². The summed E-state index contributed by atoms with van der Waals surface area (Å²) >= 11 is 0. The highest BCUT2D eigenvalue weighted by atomic mass is 35.5. The Labute approximate surface area is 130 Å². The van der Waals surface area contributed by atoms with Crippen molar-refractivity contribution in [3.63, 3.8) is 0 Å². The number of carbonyl (C=O) groups is 1. The summed E-state index contributed by atoms with van der Waals surface area (Å²) in [5.74, 6) is -1.79. The summed E-state index contributed by atoms with van der Waals surface area (Å²) < 4.78 is 28.3. The van der Waals surface area contributed by atoms with Crippen molar-refractivity contribution in [3.8, 4) is 0 Å². The fraction of sp³-hybridized carbons (Fsp3) is 0.0714. The predicted octanol–water partition coefficient (Wildman–Crippen LogP) is 2.28. The van der Waals surface area contributed by atoms with Gasteiger partial charge < -0.3 is 5.73 Å². The largest absolute Gasteiger partial charge is 0.364 e. The van der Waals surface area contributed by atoms with Gasteiger partial charge in [-0.1, -0.05) is 18.2 Å². The number of benzene rings is 1. The van der Waals surface area contributed by atoms with Crippen molar-refractivity contribution >= 4 is 29.3 Å². The van der Waals surface area contributed by atoms with Gasteiger partial charge in [0.1, 0.15) is 11.6 Å². The molecule has 8 heteroatoms. The highest BCUT2D eigenvalue weighted by molar-refractivity contribution is 6.03. The quantitative estimate of drug-likeness (QED) is 0.803. The second-order valence-electron chi connectivity index (χ2n) is 4.49. The van der Waals surface area contributed by atoms with Crippen molar-refractivity contribution in [1.29, 1.82) is 0 Å². The van der Waals surface area contributed by atoms with Crippen LogP contribution in [0.15, 0.2) is 36.5 Å². The molecule has 0 radical (unpaired) electrons. The first-order valence-electron chi connectivity index (χ1n) is 6.11. The van der Waals surface area contributed by atoms with E-state index in [2.05, 4.69) is 10.1 Å². The molecule has 0 spiro atoms. The van der Waals surface area contributed by atoms with Crippen molar-refractivity contribution in [2.45, 2.75) is 6.54 Å². The molecule has 0 aliphatic carbocycles. The first-order chi connectivity index (χ1) is 10.1. The first-order valence-corrected chi connectivity index (χ1v) is 6.11. The molecule has 3 rings (SSSR count). The number of aromatic nitrogens is 3. The van der Waals surface area contributed by atoms with Crippen LogP contribution in [0.3, 0.4) is 0 Å². The van der Waals surface area contributed by atoms with Crippen molar-refractivity contribution in [2.24, 2.45) is 5.73 Å². The van der Waals surface area contributed by atoms with Crippen LogP contribution >= 0.6 is 12.4 Å². The zero-order valence-electron chi connectivity index (χ0n) is 11.2. The Kier molecular flexibility index (Phi) is 4.37. The third-order valence-electron chi connectivity index (χ3n) is 3.06. The monoisotopic (exact) mass is 324 g/mol. The number of primary amides is 1. The number of amides is 1. The Morgan fingerprint density at radius 3 is 2.68 bits per heavy atom. The zero-order chi connectivity index (χ0) is 15.0. The maximum absolute atomic E-state index is 13.7. The van der Waals surface area contributed by atoms with Gasteiger partial charge in [-0.25, -0.2) is 18.4 Å². The van der Waals surface area contributed by atoms with E-state index in [9.17, 15) is 13.6 Å². The van der Waals surface area contributed by atoms with E-state index in [0.29, 0.717) is 5.56 Å². The Morgan fingerprint density at radius 1 is 1.27 bits per heavy atom. The van der Waals surface area contributed by atoms with Gasteiger partial charge in [0.2, 0.25) is 0 Å². The number of rotatable bonds is 3. The van der Waals surface area contributed by atoms with Crippen LogP contribution in [0.2, 0.25) is 0 Å². The van der Waals surface area contributed by atoms with E-state index >= 15 is 0 Å². The molecular weight excluding hydrogens is 314 g/mol. The fourth-order valence-electron chi connectivity index (χ4n) is 2.11. The Balaban J connectivity index is 0.00000176. The lowest BCUT2D eigenvalue weighted by Gasteiger charge is -2.04. The van der Waals surface area contributed by atoms with Crippen LogP contribution in [-0.4, -0.2) is 20.7 Å². The Bertz CT molecular complexity index is 850. The van der Waals surface area contributed by atoms with Gasteiger partial charge in [0.15, 0.2) is 11.3 Å². The standard InChI is InChI=1S/C14H10F2N4O.ClH/c15-9-5-10-12(13(17)21)19-20(14(10)18-6-9)7-8-3-1-2-4-11(8)16;/h1-6H,7H2,(H2,17,21);1H. The number of carbonyl (C=O) groups excluding carboxylic acids is 1. The number of hydrogen-bond donors (Lipinski definition) is 1. The molecule has 3 aromatic rings. The molecule has 0 saturated carbocycles. The van der Waals surface area contributed by atoms with Crippen LogP contribution in [0.25, 0.3) is 11.0 Å². The average Bonchev–Trinajstić information content (AvgIpc) is 2.79. The van der Waals surface area contributed by atoms with Gasteiger partial charge in [-0.2, -0.15) is 5.10 Å². The minimum atomic E-state index is -0.792. The van der Waals surface area contributed by atoms with Gasteiger partial charge in [-0.15, -0.1) is 12.4 Å². The molecule has 0 atom stereocenters. The van der Waals surface area contributed by atoms with E-state index in [1.807, 2.05) is 0 Å². The average molecular weight is 325 g/mol. The molecule has 5 nitrogen and oxygen atoms in total. The molecule has 0 aliphatic heterocycles. The summed E-state index contributed by atoms with van der Waals surface area (Å²) in [5.41, 5.74) is 5.79. The molecule has 0 bridgehead atoms. The van der Waals surface area contributed by atoms with Crippen LogP contribution in [0, 0.1) is 11.6 Å². The van der Waals surface area contributed by atoms with Crippen LogP contribution in [0.5, 0.6) is 0 Å². The number of fused-ring (bicyclic) bond motifs is 1. The minimum Gasteiger partial charge on any atom is -0.364 e. The molecule has 0 aliphatic rings. The van der Waals surface area contributed by atoms with Crippen LogP contribution in [0.4, 0.5) is 8.78 Å². The van der Waals surface area contributed by atoms with Gasteiger partial charge >= 0.3 is 0 Å². The highest BCUT2D eigenvalue weighted by Gasteiger charge is 2.17. The summed E-state index contributed by atoms with van der Waals surface area (Å²) in [6.45, 7) is 0.0646. The van der Waals surface area contributed by atoms with E-state index in [-0.39, 0.29) is 35.7 Å². The molecule has 0 fully saturated rings. The van der Waals surface area contributed by atoms with Gasteiger partial charge in [0, 0.05) is 5.56 Å². The molecule has 22 heavy (non-hydrogen) atoms. The normalized spacial score (nSPS) is 10.5. The number of halogens is 3. The predicted molar refractivity (Wildman–Crippen MR) is 78.8 cm³/mol. The van der Waals surface area contributed by atoms with E-state index in [4.69, 9.17) is 5.73 Å². The van der Waals surface area contributed by atoms with Crippen molar-refractivity contribution in [3.05, 3.63) is 59.4 Å². The lowest BCUT2D eigenvalue weighted by Crippen LogP contribution is -2.13. The Hall–Kier alpha value is -2.54. The number of nitrogens with zero attached hydrogens (tertiary/aromatic N) is 3. The Morgan fingerprint density at radius 2 is 2.00 bits per heavy atom. The SMILES string of the molecule is Cl.NC(=O)c1nn(Cc2ccccc2F)c2ncc(F)cc12. The number of nitrogens with two attached hydrogens (primary N) is 1. The van der Waals surface area contributed by atoms with Crippen molar-refractivity contribution in [1.82, 2.24) is 14.8 Å². The number of pyridine rings is 1. The van der Waals surface area contributed by atoms with E-state index in [1.54, 1.807) is 18.2 Å². The third kappa shape index (κ3) is 2.75. The van der Waals surface area contributed by atoms with E-state index < -0.39 is 17.5 Å². The molecular formula is C14H11ClF2N4O. The summed E-state index contributed by atoms with van der Waals surface area (Å²) in [5, 5.41) is 4.22. The molecule has 114 valence electrons. The topological polar surface area (TPSA) is 73.8 Å². The maximum atomic E-state index is 13.7. The van der Waals surface area contributed by atoms with Crippen LogP contribution < -0.4 is 5.73 Å².